The summed E-state index contributed by atoms with van der Waals surface area (Å²) in [4.78, 5) is 4.14. The fourth-order valence-electron chi connectivity index (χ4n) is 1.82. The van der Waals surface area contributed by atoms with Crippen LogP contribution in [0.25, 0.3) is 0 Å². The Kier molecular flexibility index (Phi) is 2.50. The Bertz CT molecular complexity index is 470. The van der Waals surface area contributed by atoms with Crippen LogP contribution in [0.15, 0.2) is 35.8 Å². The highest BCUT2D eigenvalue weighted by Crippen LogP contribution is 2.35. The van der Waals surface area contributed by atoms with Crippen LogP contribution in [0.5, 0.6) is 10.9 Å². The molecule has 0 aliphatic carbocycles. The average molecular weight is 233 g/mol. The molecule has 0 N–H and O–H groups in total. The normalized spacial score (nSPS) is 18.6. The van der Waals surface area contributed by atoms with Crippen molar-refractivity contribution in [1.29, 1.82) is 0 Å². The summed E-state index contributed by atoms with van der Waals surface area (Å²) in [7, 11) is 0. The minimum Gasteiger partial charge on any atom is -0.493 e. The molecule has 0 saturated carbocycles. The first-order chi connectivity index (χ1) is 7.93. The van der Waals surface area contributed by atoms with Crippen molar-refractivity contribution in [3.8, 4) is 10.9 Å². The van der Waals surface area contributed by atoms with Crippen LogP contribution >= 0.6 is 11.3 Å². The lowest BCUT2D eigenvalue weighted by Gasteiger charge is -2.25. The lowest BCUT2D eigenvalue weighted by atomic mass is 10.0. The van der Waals surface area contributed by atoms with Crippen molar-refractivity contribution in [2.45, 2.75) is 12.5 Å². The third kappa shape index (κ3) is 1.76. The quantitative estimate of drug-likeness (QED) is 0.799. The highest BCUT2D eigenvalue weighted by atomic mass is 32.1. The van der Waals surface area contributed by atoms with Crippen LogP contribution in [0.3, 0.4) is 0 Å². The van der Waals surface area contributed by atoms with Crippen molar-refractivity contribution in [2.24, 2.45) is 0 Å². The van der Waals surface area contributed by atoms with Gasteiger partial charge in [0.25, 0.3) is 5.19 Å². The summed E-state index contributed by atoms with van der Waals surface area (Å²) < 4.78 is 11.4. The lowest BCUT2D eigenvalue weighted by Crippen LogP contribution is -2.18. The summed E-state index contributed by atoms with van der Waals surface area (Å²) in [5.41, 5.74) is 1.11. The van der Waals surface area contributed by atoms with E-state index in [1.807, 2.05) is 29.6 Å². The SMILES string of the molecule is c1ccc2c(c1)OCCC2Oc1nccs1. The van der Waals surface area contributed by atoms with Gasteiger partial charge in [-0.1, -0.05) is 29.5 Å². The second kappa shape index (κ2) is 4.14. The van der Waals surface area contributed by atoms with Gasteiger partial charge in [-0.3, -0.25) is 0 Å². The first-order valence-corrected chi connectivity index (χ1v) is 6.09. The number of para-hydroxylation sites is 1. The first kappa shape index (κ1) is 9.66. The molecule has 0 radical (unpaired) electrons. The van der Waals surface area contributed by atoms with Gasteiger partial charge in [0.05, 0.1) is 6.61 Å². The molecule has 3 nitrogen and oxygen atoms in total. The highest BCUT2D eigenvalue weighted by Gasteiger charge is 2.23. The van der Waals surface area contributed by atoms with E-state index in [0.29, 0.717) is 6.61 Å². The fourth-order valence-corrected chi connectivity index (χ4v) is 2.35. The van der Waals surface area contributed by atoms with E-state index in [4.69, 9.17) is 9.47 Å². The maximum atomic E-state index is 5.85. The topological polar surface area (TPSA) is 31.4 Å². The molecule has 1 aliphatic rings. The Labute approximate surface area is 97.7 Å². The summed E-state index contributed by atoms with van der Waals surface area (Å²) in [6.07, 6.45) is 2.69. The third-order valence-electron chi connectivity index (χ3n) is 2.56. The van der Waals surface area contributed by atoms with E-state index in [-0.39, 0.29) is 6.10 Å². The molecule has 82 valence electrons. The number of hydrogen-bond acceptors (Lipinski definition) is 4. The standard InChI is InChI=1S/C12H11NO2S/c1-2-4-10-9(3-1)11(5-7-14-10)15-12-13-6-8-16-12/h1-4,6,8,11H,5,7H2. The van der Waals surface area contributed by atoms with Crippen LogP contribution in [0.2, 0.25) is 0 Å². The van der Waals surface area contributed by atoms with Crippen LogP contribution in [0, 0.1) is 0 Å². The Balaban J connectivity index is 1.87. The van der Waals surface area contributed by atoms with E-state index in [0.717, 1.165) is 22.9 Å². The van der Waals surface area contributed by atoms with E-state index < -0.39 is 0 Å². The van der Waals surface area contributed by atoms with E-state index in [1.54, 1.807) is 6.20 Å². The number of ether oxygens (including phenoxy) is 2. The molecule has 4 heteroatoms. The van der Waals surface area contributed by atoms with Gasteiger partial charge in [-0.2, -0.15) is 0 Å². The molecule has 1 unspecified atom stereocenters. The van der Waals surface area contributed by atoms with Crippen LogP contribution in [0.4, 0.5) is 0 Å². The number of fused-ring (bicyclic) bond motifs is 1. The van der Waals surface area contributed by atoms with Crippen LogP contribution in [-0.4, -0.2) is 11.6 Å². The van der Waals surface area contributed by atoms with E-state index >= 15 is 0 Å². The molecule has 1 aliphatic heterocycles. The first-order valence-electron chi connectivity index (χ1n) is 5.21. The van der Waals surface area contributed by atoms with E-state index in [2.05, 4.69) is 4.98 Å². The molecule has 0 fully saturated rings. The average Bonchev–Trinajstić information content (AvgIpc) is 2.82. The second-order valence-corrected chi connectivity index (χ2v) is 4.44. The molecular formula is C12H11NO2S. The second-order valence-electron chi connectivity index (χ2n) is 3.58. The number of thiazole rings is 1. The zero-order valence-electron chi connectivity index (χ0n) is 8.63. The minimum absolute atomic E-state index is 0.0658. The molecule has 0 saturated heterocycles. The zero-order chi connectivity index (χ0) is 10.8. The van der Waals surface area contributed by atoms with Gasteiger partial charge in [-0.25, -0.2) is 4.98 Å². The van der Waals surface area contributed by atoms with Crippen LogP contribution < -0.4 is 9.47 Å². The maximum absolute atomic E-state index is 5.85. The number of benzene rings is 1. The maximum Gasteiger partial charge on any atom is 0.273 e. The summed E-state index contributed by atoms with van der Waals surface area (Å²) in [5, 5.41) is 2.64. The smallest absolute Gasteiger partial charge is 0.273 e. The van der Waals surface area contributed by atoms with Gasteiger partial charge >= 0.3 is 0 Å². The molecule has 0 amide bonds. The number of nitrogens with zero attached hydrogens (tertiary/aromatic N) is 1. The van der Waals surface area contributed by atoms with Crippen molar-refractivity contribution in [2.75, 3.05) is 6.61 Å². The summed E-state index contributed by atoms with van der Waals surface area (Å²) >= 11 is 1.52. The molecule has 0 spiro atoms. The fraction of sp³-hybridized carbons (Fsp3) is 0.250. The Morgan fingerprint density at radius 1 is 1.38 bits per heavy atom. The predicted octanol–water partition coefficient (Wildman–Crippen LogP) is 3.05. The van der Waals surface area contributed by atoms with Crippen molar-refractivity contribution in [3.05, 3.63) is 41.4 Å². The highest BCUT2D eigenvalue weighted by molar-refractivity contribution is 7.11. The number of rotatable bonds is 2. The lowest BCUT2D eigenvalue weighted by molar-refractivity contribution is 0.135. The van der Waals surface area contributed by atoms with Gasteiger partial charge in [0.15, 0.2) is 0 Å². The molecule has 3 rings (SSSR count). The predicted molar refractivity (Wildman–Crippen MR) is 62.0 cm³/mol. The minimum atomic E-state index is 0.0658. The molecular weight excluding hydrogens is 222 g/mol. The van der Waals surface area contributed by atoms with Crippen molar-refractivity contribution in [1.82, 2.24) is 4.98 Å². The Morgan fingerprint density at radius 2 is 2.31 bits per heavy atom. The van der Waals surface area contributed by atoms with E-state index in [9.17, 15) is 0 Å². The summed E-state index contributed by atoms with van der Waals surface area (Å²) in [6.45, 7) is 0.701. The molecule has 0 bridgehead atoms. The molecule has 16 heavy (non-hydrogen) atoms. The van der Waals surface area contributed by atoms with Crippen molar-refractivity contribution < 1.29 is 9.47 Å². The Hall–Kier alpha value is -1.55. The van der Waals surface area contributed by atoms with Gasteiger partial charge in [0.1, 0.15) is 11.9 Å². The van der Waals surface area contributed by atoms with Gasteiger partial charge < -0.3 is 9.47 Å². The Morgan fingerprint density at radius 3 is 3.19 bits per heavy atom. The van der Waals surface area contributed by atoms with Gasteiger partial charge in [-0.05, 0) is 6.07 Å². The molecule has 1 aromatic heterocycles. The van der Waals surface area contributed by atoms with Gasteiger partial charge in [0, 0.05) is 23.6 Å². The molecule has 2 aromatic rings. The third-order valence-corrected chi connectivity index (χ3v) is 3.22. The van der Waals surface area contributed by atoms with Crippen LogP contribution in [-0.2, 0) is 0 Å². The summed E-state index contributed by atoms with van der Waals surface area (Å²) in [6, 6.07) is 8.01. The van der Waals surface area contributed by atoms with Crippen molar-refractivity contribution in [3.63, 3.8) is 0 Å². The molecule has 2 heterocycles. The molecule has 1 atom stereocenters. The monoisotopic (exact) mass is 233 g/mol. The van der Waals surface area contributed by atoms with Crippen LogP contribution in [0.1, 0.15) is 18.1 Å². The summed E-state index contributed by atoms with van der Waals surface area (Å²) in [5.74, 6) is 0.926. The van der Waals surface area contributed by atoms with E-state index in [1.165, 1.54) is 11.3 Å². The van der Waals surface area contributed by atoms with Gasteiger partial charge in [-0.15, -0.1) is 0 Å². The van der Waals surface area contributed by atoms with Gasteiger partial charge in [0.2, 0.25) is 0 Å². The number of hydrogen-bond donors (Lipinski definition) is 0. The largest absolute Gasteiger partial charge is 0.493 e. The molecule has 1 aromatic carbocycles. The zero-order valence-corrected chi connectivity index (χ0v) is 9.44. The number of aromatic nitrogens is 1. The van der Waals surface area contributed by atoms with Crippen molar-refractivity contribution >= 4 is 11.3 Å².